The molecule has 1 unspecified atom stereocenters. The summed E-state index contributed by atoms with van der Waals surface area (Å²) in [7, 11) is 1.88. The van der Waals surface area contributed by atoms with Crippen molar-refractivity contribution in [2.75, 3.05) is 7.05 Å². The molecule has 1 aromatic carbocycles. The van der Waals surface area contributed by atoms with Gasteiger partial charge in [0.15, 0.2) is 0 Å². The molecule has 3 heterocycles. The third kappa shape index (κ3) is 4.79. The lowest BCUT2D eigenvalue weighted by atomic mass is 9.80. The lowest BCUT2D eigenvalue weighted by molar-refractivity contribution is -0.131. The highest BCUT2D eigenvalue weighted by atomic mass is 35.5. The van der Waals surface area contributed by atoms with Gasteiger partial charge < -0.3 is 14.8 Å². The van der Waals surface area contributed by atoms with Gasteiger partial charge in [0.2, 0.25) is 5.88 Å². The van der Waals surface area contributed by atoms with Crippen LogP contribution >= 0.6 is 24.0 Å². The van der Waals surface area contributed by atoms with Gasteiger partial charge in [-0.2, -0.15) is 5.10 Å². The van der Waals surface area contributed by atoms with Crippen LogP contribution in [0.4, 0.5) is 4.39 Å². The maximum Gasteiger partial charge on any atom is 0.212 e. The molecule has 5 nitrogen and oxygen atoms in total. The maximum atomic E-state index is 14.0. The maximum absolute atomic E-state index is 14.0. The molecule has 2 aromatic rings. The summed E-state index contributed by atoms with van der Waals surface area (Å²) in [6.07, 6.45) is 5.35. The van der Waals surface area contributed by atoms with Gasteiger partial charge in [0, 0.05) is 23.2 Å². The van der Waals surface area contributed by atoms with Crippen molar-refractivity contribution in [3.63, 3.8) is 0 Å². The molecule has 3 aliphatic rings. The van der Waals surface area contributed by atoms with Crippen LogP contribution in [0.5, 0.6) is 5.88 Å². The van der Waals surface area contributed by atoms with Crippen molar-refractivity contribution in [3.8, 4) is 5.88 Å². The molecule has 154 valence electrons. The standard InChI is InChI=1S/C20H25ClFN3O2.ClH/c1-23-10-16-9-20(26-12-14-8-15(21)4-7-18(14)22)25(24-16)11-19-13-2-5-17(27-19)6-3-13;/h4,7-9,13,17,19,23H,2-3,5-6,10-12H2,1H3;1H. The van der Waals surface area contributed by atoms with E-state index in [2.05, 4.69) is 10.4 Å². The van der Waals surface area contributed by atoms with E-state index >= 15 is 0 Å². The minimum Gasteiger partial charge on any atom is -0.473 e. The van der Waals surface area contributed by atoms with Gasteiger partial charge in [-0.15, -0.1) is 12.4 Å². The average Bonchev–Trinajstić information content (AvgIpc) is 3.05. The first kappa shape index (κ1) is 21.4. The molecule has 2 saturated heterocycles. The first-order valence-corrected chi connectivity index (χ1v) is 9.93. The van der Waals surface area contributed by atoms with Crippen molar-refractivity contribution in [3.05, 3.63) is 46.4 Å². The fourth-order valence-electron chi connectivity index (χ4n) is 4.09. The van der Waals surface area contributed by atoms with E-state index in [-0.39, 0.29) is 30.9 Å². The summed E-state index contributed by atoms with van der Waals surface area (Å²) >= 11 is 5.98. The molecule has 1 saturated carbocycles. The minimum atomic E-state index is -0.325. The number of rotatable bonds is 7. The van der Waals surface area contributed by atoms with E-state index in [1.165, 1.54) is 37.8 Å². The zero-order valence-electron chi connectivity index (χ0n) is 15.9. The van der Waals surface area contributed by atoms with E-state index in [0.29, 0.717) is 41.6 Å². The van der Waals surface area contributed by atoms with Crippen molar-refractivity contribution in [1.82, 2.24) is 15.1 Å². The zero-order valence-corrected chi connectivity index (χ0v) is 17.4. The average molecular weight is 430 g/mol. The molecule has 1 aromatic heterocycles. The van der Waals surface area contributed by atoms with Crippen LogP contribution < -0.4 is 10.1 Å². The predicted octanol–water partition coefficient (Wildman–Crippen LogP) is 4.35. The Morgan fingerprint density at radius 2 is 2.07 bits per heavy atom. The quantitative estimate of drug-likeness (QED) is 0.710. The van der Waals surface area contributed by atoms with Crippen LogP contribution in [0.15, 0.2) is 24.3 Å². The summed E-state index contributed by atoms with van der Waals surface area (Å²) < 4.78 is 28.0. The van der Waals surface area contributed by atoms with E-state index in [4.69, 9.17) is 21.1 Å². The Morgan fingerprint density at radius 1 is 1.29 bits per heavy atom. The van der Waals surface area contributed by atoms with Crippen LogP contribution in [0.25, 0.3) is 0 Å². The first-order chi connectivity index (χ1) is 13.1. The molecule has 8 heteroatoms. The second-order valence-electron chi connectivity index (χ2n) is 7.42. The van der Waals surface area contributed by atoms with Gasteiger partial charge in [0.05, 0.1) is 24.4 Å². The van der Waals surface area contributed by atoms with E-state index in [9.17, 15) is 4.39 Å². The van der Waals surface area contributed by atoms with Crippen LogP contribution in [-0.2, 0) is 24.4 Å². The summed E-state index contributed by atoms with van der Waals surface area (Å²) in [6, 6.07) is 6.39. The molecule has 1 aliphatic carbocycles. The number of aromatic nitrogens is 2. The zero-order chi connectivity index (χ0) is 18.8. The van der Waals surface area contributed by atoms with E-state index in [1.54, 1.807) is 6.07 Å². The van der Waals surface area contributed by atoms with Crippen LogP contribution in [0.2, 0.25) is 5.02 Å². The number of nitrogens with zero attached hydrogens (tertiary/aromatic N) is 2. The monoisotopic (exact) mass is 429 g/mol. The molecule has 2 aliphatic heterocycles. The summed E-state index contributed by atoms with van der Waals surface area (Å²) in [5.74, 6) is 0.892. The highest BCUT2D eigenvalue weighted by Crippen LogP contribution is 2.38. The number of nitrogens with one attached hydrogen (secondary N) is 1. The molecule has 0 spiro atoms. The molecule has 3 fully saturated rings. The van der Waals surface area contributed by atoms with Gasteiger partial charge in [-0.1, -0.05) is 11.6 Å². The number of fused-ring (bicyclic) bond motifs is 3. The van der Waals surface area contributed by atoms with Crippen LogP contribution in [0, 0.1) is 11.7 Å². The summed E-state index contributed by atoms with van der Waals surface area (Å²) in [5.41, 5.74) is 1.32. The van der Waals surface area contributed by atoms with Gasteiger partial charge in [-0.3, -0.25) is 0 Å². The third-order valence-electron chi connectivity index (χ3n) is 5.50. The Hall–Kier alpha value is -1.34. The van der Waals surface area contributed by atoms with Gasteiger partial charge >= 0.3 is 0 Å². The SMILES string of the molecule is CNCc1cc(OCc2cc(Cl)ccc2F)n(CC2OC3CCC2CC3)n1.Cl. The van der Waals surface area contributed by atoms with Gasteiger partial charge in [-0.05, 0) is 56.8 Å². The Morgan fingerprint density at radius 3 is 2.75 bits per heavy atom. The first-order valence-electron chi connectivity index (χ1n) is 9.56. The summed E-state index contributed by atoms with van der Waals surface area (Å²) in [5, 5.41) is 8.26. The van der Waals surface area contributed by atoms with Crippen LogP contribution in [0.3, 0.4) is 0 Å². The minimum absolute atomic E-state index is 0. The molecule has 5 rings (SSSR count). The number of hydrogen-bond donors (Lipinski definition) is 1. The van der Waals surface area contributed by atoms with Gasteiger partial charge in [-0.25, -0.2) is 9.07 Å². The smallest absolute Gasteiger partial charge is 0.212 e. The molecule has 28 heavy (non-hydrogen) atoms. The molecule has 0 amide bonds. The van der Waals surface area contributed by atoms with Gasteiger partial charge in [0.1, 0.15) is 12.4 Å². The Bertz CT molecular complexity index is 794. The van der Waals surface area contributed by atoms with Gasteiger partial charge in [0.25, 0.3) is 0 Å². The highest BCUT2D eigenvalue weighted by Gasteiger charge is 2.37. The van der Waals surface area contributed by atoms with Crippen LogP contribution in [0.1, 0.15) is 36.9 Å². The topological polar surface area (TPSA) is 48.3 Å². The lowest BCUT2D eigenvalue weighted by Gasteiger charge is -2.42. The highest BCUT2D eigenvalue weighted by molar-refractivity contribution is 6.30. The molecule has 0 radical (unpaired) electrons. The molecular formula is C20H26Cl2FN3O2. The van der Waals surface area contributed by atoms with Crippen molar-refractivity contribution in [2.45, 2.75) is 57.6 Å². The number of hydrogen-bond acceptors (Lipinski definition) is 4. The number of ether oxygens (including phenoxy) is 2. The molecule has 2 bridgehead atoms. The van der Waals surface area contributed by atoms with Crippen LogP contribution in [-0.4, -0.2) is 29.0 Å². The summed E-state index contributed by atoms with van der Waals surface area (Å²) in [6.45, 7) is 1.42. The van der Waals surface area contributed by atoms with Crippen molar-refractivity contribution >= 4 is 24.0 Å². The second kappa shape index (κ2) is 9.44. The van der Waals surface area contributed by atoms with E-state index in [1.807, 2.05) is 17.8 Å². The summed E-state index contributed by atoms with van der Waals surface area (Å²) in [4.78, 5) is 0. The Kier molecular flexibility index (Phi) is 7.20. The Labute approximate surface area is 175 Å². The molecule has 1 N–H and O–H groups in total. The normalized spacial score (nSPS) is 23.5. The Balaban J connectivity index is 0.00000225. The fraction of sp³-hybridized carbons (Fsp3) is 0.550. The van der Waals surface area contributed by atoms with Crippen molar-refractivity contribution < 1.29 is 13.9 Å². The van der Waals surface area contributed by atoms with E-state index < -0.39 is 0 Å². The number of halogens is 3. The fourth-order valence-corrected chi connectivity index (χ4v) is 4.28. The third-order valence-corrected chi connectivity index (χ3v) is 5.73. The molecule has 1 atom stereocenters. The molecular weight excluding hydrogens is 404 g/mol. The van der Waals surface area contributed by atoms with Crippen molar-refractivity contribution in [1.29, 1.82) is 0 Å². The van der Waals surface area contributed by atoms with Crippen molar-refractivity contribution in [2.24, 2.45) is 5.92 Å². The predicted molar refractivity (Wildman–Crippen MR) is 109 cm³/mol. The lowest BCUT2D eigenvalue weighted by Crippen LogP contribution is -2.43. The number of benzene rings is 1. The largest absolute Gasteiger partial charge is 0.473 e. The second-order valence-corrected chi connectivity index (χ2v) is 7.86. The van der Waals surface area contributed by atoms with E-state index in [0.717, 1.165) is 5.69 Å².